The number of aromatic nitrogens is 2. The van der Waals surface area contributed by atoms with Crippen molar-refractivity contribution in [3.63, 3.8) is 0 Å². The molecular formula is C13H10N2OS. The zero-order valence-electron chi connectivity index (χ0n) is 9.25. The van der Waals surface area contributed by atoms with E-state index in [1.807, 2.05) is 42.7 Å². The van der Waals surface area contributed by atoms with Crippen molar-refractivity contribution in [3.8, 4) is 0 Å². The molecule has 0 bridgehead atoms. The highest BCUT2D eigenvalue weighted by Crippen LogP contribution is 2.27. The fraction of sp³-hybridized carbons (Fsp3) is 0.0769. The summed E-state index contributed by atoms with van der Waals surface area (Å²) < 4.78 is 0. The summed E-state index contributed by atoms with van der Waals surface area (Å²) in [6.45, 7) is 0. The van der Waals surface area contributed by atoms with Crippen molar-refractivity contribution in [2.24, 2.45) is 0 Å². The maximum atomic E-state index is 11.9. The molecule has 0 amide bonds. The van der Waals surface area contributed by atoms with Crippen molar-refractivity contribution >= 4 is 33.6 Å². The minimum Gasteiger partial charge on any atom is -0.594 e. The molecule has 4 heteroatoms. The second kappa shape index (κ2) is 3.89. The number of rotatable bonds is 1. The summed E-state index contributed by atoms with van der Waals surface area (Å²) in [5.74, 6) is 0. The second-order valence-corrected chi connectivity index (χ2v) is 4.59. The highest BCUT2D eigenvalue weighted by atomic mass is 32.2. The molecule has 0 spiro atoms. The van der Waals surface area contributed by atoms with Crippen LogP contribution in [0.4, 0.5) is 0 Å². The average Bonchev–Trinajstić information content (AvgIpc) is 2.39. The quantitative estimate of drug-likeness (QED) is 0.285. The van der Waals surface area contributed by atoms with Crippen LogP contribution >= 0.6 is 11.8 Å². The van der Waals surface area contributed by atoms with Gasteiger partial charge in [0.15, 0.2) is 5.52 Å². The van der Waals surface area contributed by atoms with Crippen molar-refractivity contribution in [2.45, 2.75) is 4.90 Å². The molecule has 0 aliphatic rings. The van der Waals surface area contributed by atoms with Gasteiger partial charge >= 0.3 is 0 Å². The van der Waals surface area contributed by atoms with E-state index in [1.54, 1.807) is 17.8 Å². The molecule has 1 heterocycles. The van der Waals surface area contributed by atoms with Crippen molar-refractivity contribution in [3.05, 3.63) is 47.7 Å². The van der Waals surface area contributed by atoms with E-state index in [-0.39, 0.29) is 0 Å². The van der Waals surface area contributed by atoms with Gasteiger partial charge in [-0.1, -0.05) is 24.3 Å². The van der Waals surface area contributed by atoms with Crippen molar-refractivity contribution in [1.29, 1.82) is 0 Å². The third-order valence-electron chi connectivity index (χ3n) is 2.81. The van der Waals surface area contributed by atoms with E-state index < -0.39 is 0 Å². The predicted octanol–water partition coefficient (Wildman–Crippen LogP) is 2.74. The highest BCUT2D eigenvalue weighted by Gasteiger charge is 2.12. The lowest BCUT2D eigenvalue weighted by Gasteiger charge is -2.05. The van der Waals surface area contributed by atoms with Crippen LogP contribution in [-0.4, -0.2) is 11.4 Å². The molecule has 3 rings (SSSR count). The predicted molar refractivity (Wildman–Crippen MR) is 70.0 cm³/mol. The van der Waals surface area contributed by atoms with Gasteiger partial charge < -0.3 is 5.21 Å². The average molecular weight is 242 g/mol. The van der Waals surface area contributed by atoms with E-state index in [4.69, 9.17) is 0 Å². The molecule has 0 saturated heterocycles. The standard InChI is InChI=1S/C13H10N2OS/c1-17-12-8-4-6-10-9-5-2-3-7-11(9)15(16)14-13(10)12/h2-8H,1H3. The second-order valence-electron chi connectivity index (χ2n) is 3.75. The minimum absolute atomic E-state index is 0.609. The van der Waals surface area contributed by atoms with Crippen LogP contribution in [-0.2, 0) is 0 Å². The van der Waals surface area contributed by atoms with Gasteiger partial charge in [-0.25, -0.2) is 0 Å². The van der Waals surface area contributed by atoms with E-state index in [0.717, 1.165) is 21.2 Å². The molecule has 0 radical (unpaired) electrons. The van der Waals surface area contributed by atoms with Gasteiger partial charge in [0.2, 0.25) is 0 Å². The summed E-state index contributed by atoms with van der Waals surface area (Å²) in [5.41, 5.74) is 1.38. The molecule has 0 fully saturated rings. The first-order valence-electron chi connectivity index (χ1n) is 5.26. The van der Waals surface area contributed by atoms with E-state index in [0.29, 0.717) is 10.4 Å². The Morgan fingerprint density at radius 3 is 2.65 bits per heavy atom. The Morgan fingerprint density at radius 1 is 1.06 bits per heavy atom. The topological polar surface area (TPSA) is 39.8 Å². The largest absolute Gasteiger partial charge is 0.594 e. The van der Waals surface area contributed by atoms with Gasteiger partial charge in [0.05, 0.1) is 5.39 Å². The van der Waals surface area contributed by atoms with Crippen LogP contribution in [0.5, 0.6) is 0 Å². The third-order valence-corrected chi connectivity index (χ3v) is 3.58. The van der Waals surface area contributed by atoms with Crippen LogP contribution in [0.15, 0.2) is 47.4 Å². The number of hydrogen-bond donors (Lipinski definition) is 0. The first-order chi connectivity index (χ1) is 8.31. The molecule has 2 aromatic carbocycles. The van der Waals surface area contributed by atoms with Gasteiger partial charge in [-0.2, -0.15) is 0 Å². The summed E-state index contributed by atoms with van der Waals surface area (Å²) in [6.07, 6.45) is 1.99. The van der Waals surface area contributed by atoms with E-state index in [1.165, 1.54) is 0 Å². The maximum absolute atomic E-state index is 11.9. The molecule has 84 valence electrons. The molecule has 0 aliphatic carbocycles. The van der Waals surface area contributed by atoms with Crippen LogP contribution in [0, 0.1) is 5.21 Å². The maximum Gasteiger partial charge on any atom is 0.252 e. The Morgan fingerprint density at radius 2 is 1.82 bits per heavy atom. The molecule has 17 heavy (non-hydrogen) atoms. The lowest BCUT2D eigenvalue weighted by atomic mass is 10.1. The van der Waals surface area contributed by atoms with Crippen LogP contribution in [0.25, 0.3) is 21.8 Å². The number of nitrogens with zero attached hydrogens (tertiary/aromatic N) is 2. The van der Waals surface area contributed by atoms with Crippen LogP contribution in [0.3, 0.4) is 0 Å². The number of fused-ring (bicyclic) bond motifs is 3. The number of benzene rings is 2. The zero-order valence-corrected chi connectivity index (χ0v) is 10.1. The monoisotopic (exact) mass is 242 g/mol. The molecule has 0 N–H and O–H groups in total. The summed E-state index contributed by atoms with van der Waals surface area (Å²) in [7, 11) is 0. The summed E-state index contributed by atoms with van der Waals surface area (Å²) in [5, 5.41) is 17.9. The fourth-order valence-electron chi connectivity index (χ4n) is 2.02. The van der Waals surface area contributed by atoms with E-state index >= 15 is 0 Å². The van der Waals surface area contributed by atoms with Crippen LogP contribution in [0.2, 0.25) is 0 Å². The molecule has 0 unspecified atom stereocenters. The van der Waals surface area contributed by atoms with Gasteiger partial charge in [-0.15, -0.1) is 11.8 Å². The third kappa shape index (κ3) is 1.52. The van der Waals surface area contributed by atoms with Crippen molar-refractivity contribution < 1.29 is 4.85 Å². The first kappa shape index (κ1) is 10.4. The van der Waals surface area contributed by atoms with Gasteiger partial charge in [0.1, 0.15) is 0 Å². The Labute approximate surface area is 103 Å². The number of hydrogen-bond acceptors (Lipinski definition) is 3. The van der Waals surface area contributed by atoms with E-state index in [9.17, 15) is 5.21 Å². The summed E-state index contributed by atoms with van der Waals surface area (Å²) in [6, 6.07) is 13.5. The normalized spacial score (nSPS) is 11.1. The van der Waals surface area contributed by atoms with Gasteiger partial charge in [0, 0.05) is 21.4 Å². The van der Waals surface area contributed by atoms with Crippen LogP contribution < -0.4 is 4.85 Å². The smallest absolute Gasteiger partial charge is 0.252 e. The first-order valence-corrected chi connectivity index (χ1v) is 6.49. The zero-order chi connectivity index (χ0) is 11.8. The van der Waals surface area contributed by atoms with E-state index in [2.05, 4.69) is 5.10 Å². The number of para-hydroxylation sites is 1. The van der Waals surface area contributed by atoms with Crippen molar-refractivity contribution in [2.75, 3.05) is 6.26 Å². The van der Waals surface area contributed by atoms with Crippen molar-refractivity contribution in [1.82, 2.24) is 5.10 Å². The molecule has 0 aliphatic heterocycles. The molecule has 0 saturated carbocycles. The summed E-state index contributed by atoms with van der Waals surface area (Å²) in [4.78, 5) is 1.73. The Balaban J connectivity index is 2.57. The Bertz CT molecular complexity index is 712. The van der Waals surface area contributed by atoms with Gasteiger partial charge in [0.25, 0.3) is 5.52 Å². The SMILES string of the molecule is CSc1cccc2c1n[n+]([O-])c1ccccc21. The Kier molecular flexibility index (Phi) is 2.37. The van der Waals surface area contributed by atoms with Gasteiger partial charge in [-0.05, 0) is 23.2 Å². The molecule has 3 nitrogen and oxygen atoms in total. The highest BCUT2D eigenvalue weighted by molar-refractivity contribution is 7.98. The number of thioether (sulfide) groups is 1. The lowest BCUT2D eigenvalue weighted by Crippen LogP contribution is -2.31. The molecule has 3 aromatic rings. The molecular weight excluding hydrogens is 232 g/mol. The minimum atomic E-state index is 0.609. The van der Waals surface area contributed by atoms with Crippen LogP contribution in [0.1, 0.15) is 0 Å². The Hall–Kier alpha value is -1.81. The fourth-order valence-corrected chi connectivity index (χ4v) is 2.58. The van der Waals surface area contributed by atoms with Gasteiger partial charge in [-0.3, -0.25) is 0 Å². The lowest BCUT2D eigenvalue weighted by molar-refractivity contribution is -0.640. The molecule has 0 atom stereocenters. The summed E-state index contributed by atoms with van der Waals surface area (Å²) >= 11 is 1.60. The molecule has 1 aromatic heterocycles.